The van der Waals surface area contributed by atoms with E-state index < -0.39 is 0 Å². The molecule has 0 saturated heterocycles. The van der Waals surface area contributed by atoms with E-state index in [9.17, 15) is 0 Å². The van der Waals surface area contributed by atoms with Gasteiger partial charge in [-0.3, -0.25) is 4.98 Å². The van der Waals surface area contributed by atoms with Crippen LogP contribution in [0.2, 0.25) is 5.02 Å². The molecule has 5 heteroatoms. The van der Waals surface area contributed by atoms with Crippen LogP contribution in [-0.2, 0) is 0 Å². The topological polar surface area (TPSA) is 32.3 Å². The molecule has 0 aliphatic heterocycles. The second kappa shape index (κ2) is 6.68. The largest absolute Gasteiger partial charge is 0.357 e. The molecule has 0 unspecified atom stereocenters. The molecule has 0 saturated carbocycles. The van der Waals surface area contributed by atoms with Crippen molar-refractivity contribution in [1.29, 1.82) is 0 Å². The van der Waals surface area contributed by atoms with Crippen LogP contribution in [0.4, 0.5) is 5.82 Å². The van der Waals surface area contributed by atoms with Crippen LogP contribution < -0.4 is 4.90 Å². The molecular weight excluding hydrogens is 272 g/mol. The molecule has 0 aliphatic carbocycles. The van der Waals surface area contributed by atoms with Crippen LogP contribution in [0.5, 0.6) is 0 Å². The smallest absolute Gasteiger partial charge is 0.147 e. The highest BCUT2D eigenvalue weighted by Crippen LogP contribution is 2.20. The van der Waals surface area contributed by atoms with Gasteiger partial charge in [0.05, 0.1) is 18.1 Å². The standard InChI is InChI=1S/C15H19ClN4/c1-19(2)8-9-20(3)15-11-17-10-14(18-15)12-4-6-13(16)7-5-12/h4-7,10-11H,8-9H2,1-3H3. The summed E-state index contributed by atoms with van der Waals surface area (Å²) in [6.07, 6.45) is 3.56. The van der Waals surface area contributed by atoms with Crippen molar-refractivity contribution in [3.05, 3.63) is 41.7 Å². The molecule has 106 valence electrons. The van der Waals surface area contributed by atoms with Crippen molar-refractivity contribution < 1.29 is 0 Å². The summed E-state index contributed by atoms with van der Waals surface area (Å²) in [5.74, 6) is 0.874. The normalized spacial score (nSPS) is 10.8. The van der Waals surface area contributed by atoms with Gasteiger partial charge in [-0.15, -0.1) is 0 Å². The summed E-state index contributed by atoms with van der Waals surface area (Å²) >= 11 is 5.90. The van der Waals surface area contributed by atoms with Crippen LogP contribution in [0.1, 0.15) is 0 Å². The zero-order valence-corrected chi connectivity index (χ0v) is 12.8. The summed E-state index contributed by atoms with van der Waals surface area (Å²) in [6.45, 7) is 1.88. The molecule has 0 spiro atoms. The number of hydrogen-bond acceptors (Lipinski definition) is 4. The highest BCUT2D eigenvalue weighted by molar-refractivity contribution is 6.30. The van der Waals surface area contributed by atoms with Crippen LogP contribution in [0.25, 0.3) is 11.3 Å². The number of rotatable bonds is 5. The Balaban J connectivity index is 2.17. The quantitative estimate of drug-likeness (QED) is 0.848. The molecule has 1 heterocycles. The van der Waals surface area contributed by atoms with Crippen molar-refractivity contribution in [2.75, 3.05) is 39.1 Å². The third-order valence-electron chi connectivity index (χ3n) is 3.04. The number of anilines is 1. The number of hydrogen-bond donors (Lipinski definition) is 0. The second-order valence-electron chi connectivity index (χ2n) is 4.99. The highest BCUT2D eigenvalue weighted by Gasteiger charge is 2.06. The minimum atomic E-state index is 0.723. The molecule has 0 bridgehead atoms. The molecule has 2 aromatic rings. The minimum absolute atomic E-state index is 0.723. The zero-order chi connectivity index (χ0) is 14.5. The molecule has 0 amide bonds. The Labute approximate surface area is 125 Å². The average Bonchev–Trinajstić information content (AvgIpc) is 2.45. The van der Waals surface area contributed by atoms with Crippen molar-refractivity contribution >= 4 is 17.4 Å². The third-order valence-corrected chi connectivity index (χ3v) is 3.29. The predicted octanol–water partition coefficient (Wildman–Crippen LogP) is 2.79. The Bertz CT molecular complexity index is 554. The second-order valence-corrected chi connectivity index (χ2v) is 5.43. The first kappa shape index (κ1) is 14.8. The molecule has 1 aromatic carbocycles. The fraction of sp³-hybridized carbons (Fsp3) is 0.333. The van der Waals surface area contributed by atoms with Gasteiger partial charge in [0.1, 0.15) is 5.82 Å². The van der Waals surface area contributed by atoms with E-state index in [0.29, 0.717) is 0 Å². The van der Waals surface area contributed by atoms with Crippen molar-refractivity contribution in [3.8, 4) is 11.3 Å². The molecule has 2 rings (SSSR count). The molecule has 4 nitrogen and oxygen atoms in total. The minimum Gasteiger partial charge on any atom is -0.357 e. The maximum absolute atomic E-state index is 5.90. The van der Waals surface area contributed by atoms with E-state index in [2.05, 4.69) is 33.9 Å². The van der Waals surface area contributed by atoms with Crippen molar-refractivity contribution in [2.45, 2.75) is 0 Å². The summed E-state index contributed by atoms with van der Waals surface area (Å²) in [4.78, 5) is 13.2. The molecule has 0 aliphatic rings. The van der Waals surface area contributed by atoms with E-state index in [0.717, 1.165) is 35.2 Å². The summed E-state index contributed by atoms with van der Waals surface area (Å²) < 4.78 is 0. The maximum Gasteiger partial charge on any atom is 0.147 e. The van der Waals surface area contributed by atoms with Gasteiger partial charge in [-0.25, -0.2) is 4.98 Å². The molecule has 1 aromatic heterocycles. The third kappa shape index (κ3) is 3.92. The lowest BCUT2D eigenvalue weighted by Gasteiger charge is -2.20. The van der Waals surface area contributed by atoms with Gasteiger partial charge < -0.3 is 9.80 Å². The lowest BCUT2D eigenvalue weighted by atomic mass is 10.2. The van der Waals surface area contributed by atoms with Gasteiger partial charge in [-0.2, -0.15) is 0 Å². The highest BCUT2D eigenvalue weighted by atomic mass is 35.5. The monoisotopic (exact) mass is 290 g/mol. The van der Waals surface area contributed by atoms with E-state index in [-0.39, 0.29) is 0 Å². The van der Waals surface area contributed by atoms with E-state index in [1.165, 1.54) is 0 Å². The van der Waals surface area contributed by atoms with Crippen molar-refractivity contribution in [2.24, 2.45) is 0 Å². The Morgan fingerprint density at radius 1 is 1.00 bits per heavy atom. The fourth-order valence-electron chi connectivity index (χ4n) is 1.76. The van der Waals surface area contributed by atoms with E-state index in [4.69, 9.17) is 11.6 Å². The summed E-state index contributed by atoms with van der Waals surface area (Å²) in [5.41, 5.74) is 1.88. The first-order valence-corrected chi connectivity index (χ1v) is 6.88. The maximum atomic E-state index is 5.90. The van der Waals surface area contributed by atoms with Crippen molar-refractivity contribution in [3.63, 3.8) is 0 Å². The zero-order valence-electron chi connectivity index (χ0n) is 12.0. The molecule has 0 N–H and O–H groups in total. The summed E-state index contributed by atoms with van der Waals surface area (Å²) in [5, 5.41) is 0.723. The molecular formula is C15H19ClN4. The summed E-state index contributed by atoms with van der Waals surface area (Å²) in [7, 11) is 6.15. The first-order chi connectivity index (χ1) is 9.56. The van der Waals surface area contributed by atoms with Gasteiger partial charge in [0.25, 0.3) is 0 Å². The lowest BCUT2D eigenvalue weighted by molar-refractivity contribution is 0.416. The van der Waals surface area contributed by atoms with Gasteiger partial charge in [0.15, 0.2) is 0 Å². The van der Waals surface area contributed by atoms with Crippen LogP contribution in [0.15, 0.2) is 36.7 Å². The Kier molecular flexibility index (Phi) is 4.93. The van der Waals surface area contributed by atoms with Crippen LogP contribution in [-0.4, -0.2) is 49.1 Å². The summed E-state index contributed by atoms with van der Waals surface area (Å²) in [6, 6.07) is 7.63. The number of aromatic nitrogens is 2. The van der Waals surface area contributed by atoms with Crippen LogP contribution in [0.3, 0.4) is 0 Å². The van der Waals surface area contributed by atoms with Gasteiger partial charge in [0.2, 0.25) is 0 Å². The molecule has 0 fully saturated rings. The van der Waals surface area contributed by atoms with Gasteiger partial charge in [-0.05, 0) is 26.2 Å². The Hall–Kier alpha value is -1.65. The first-order valence-electron chi connectivity index (χ1n) is 6.50. The average molecular weight is 291 g/mol. The van der Waals surface area contributed by atoms with Crippen molar-refractivity contribution in [1.82, 2.24) is 14.9 Å². The Morgan fingerprint density at radius 2 is 1.70 bits per heavy atom. The molecule has 20 heavy (non-hydrogen) atoms. The van der Waals surface area contributed by atoms with E-state index in [1.54, 1.807) is 12.4 Å². The number of likely N-dealkylation sites (N-methyl/N-ethyl adjacent to an activating group) is 2. The number of halogens is 1. The number of nitrogens with zero attached hydrogens (tertiary/aromatic N) is 4. The number of benzene rings is 1. The van der Waals surface area contributed by atoms with Gasteiger partial charge in [-0.1, -0.05) is 23.7 Å². The SMILES string of the molecule is CN(C)CCN(C)c1cncc(-c2ccc(Cl)cc2)n1. The molecule has 0 radical (unpaired) electrons. The van der Waals surface area contributed by atoms with Crippen LogP contribution in [0, 0.1) is 0 Å². The fourth-order valence-corrected chi connectivity index (χ4v) is 1.89. The predicted molar refractivity (Wildman–Crippen MR) is 84.3 cm³/mol. The Morgan fingerprint density at radius 3 is 2.35 bits per heavy atom. The van der Waals surface area contributed by atoms with Gasteiger partial charge >= 0.3 is 0 Å². The van der Waals surface area contributed by atoms with E-state index >= 15 is 0 Å². The molecule has 0 atom stereocenters. The van der Waals surface area contributed by atoms with Crippen LogP contribution >= 0.6 is 11.6 Å². The van der Waals surface area contributed by atoms with Gasteiger partial charge in [0, 0.05) is 30.7 Å². The lowest BCUT2D eigenvalue weighted by Crippen LogP contribution is -2.29. The van der Waals surface area contributed by atoms with E-state index in [1.807, 2.05) is 31.3 Å².